The van der Waals surface area contributed by atoms with E-state index in [-0.39, 0.29) is 6.04 Å². The Morgan fingerprint density at radius 2 is 1.71 bits per heavy atom. The second-order valence-electron chi connectivity index (χ2n) is 7.11. The number of likely N-dealkylation sites (tertiary alicyclic amines) is 1. The maximum atomic E-state index is 11.5. The highest BCUT2D eigenvalue weighted by Crippen LogP contribution is 2.42. The summed E-state index contributed by atoms with van der Waals surface area (Å²) in [5.74, 6) is 0.528. The van der Waals surface area contributed by atoms with Gasteiger partial charge in [-0.3, -0.25) is 9.69 Å². The van der Waals surface area contributed by atoms with Crippen LogP contribution in [0.25, 0.3) is 0 Å². The highest BCUT2D eigenvalue weighted by atomic mass is 16.4. The van der Waals surface area contributed by atoms with E-state index in [9.17, 15) is 9.90 Å². The first-order chi connectivity index (χ1) is 10.2. The number of hydrogen-bond donors (Lipinski definition) is 1. The Balaban J connectivity index is 1.60. The number of nitrogens with zero attached hydrogens (tertiary/aromatic N) is 1. The van der Waals surface area contributed by atoms with E-state index in [1.54, 1.807) is 0 Å². The Labute approximate surface area is 130 Å². The Bertz CT molecular complexity index is 318. The summed E-state index contributed by atoms with van der Waals surface area (Å²) in [5, 5.41) is 9.51. The average molecular weight is 295 g/mol. The number of hydrogen-bond acceptors (Lipinski definition) is 2. The van der Waals surface area contributed by atoms with Gasteiger partial charge in [0.2, 0.25) is 0 Å². The molecule has 0 aromatic carbocycles. The maximum Gasteiger partial charge on any atom is 0.321 e. The van der Waals surface area contributed by atoms with Crippen LogP contribution in [0, 0.1) is 11.8 Å². The minimum atomic E-state index is -0.580. The van der Waals surface area contributed by atoms with Crippen LogP contribution in [0.5, 0.6) is 0 Å². The minimum absolute atomic E-state index is 0.179. The molecule has 0 aromatic heterocycles. The molecule has 0 bridgehead atoms. The van der Waals surface area contributed by atoms with Crippen molar-refractivity contribution < 1.29 is 9.90 Å². The molecule has 1 saturated carbocycles. The third-order valence-electron chi connectivity index (χ3n) is 5.54. The van der Waals surface area contributed by atoms with Crippen LogP contribution in [0.1, 0.15) is 77.6 Å². The van der Waals surface area contributed by atoms with Gasteiger partial charge in [0, 0.05) is 6.54 Å². The third kappa shape index (κ3) is 4.70. The summed E-state index contributed by atoms with van der Waals surface area (Å²) < 4.78 is 0. The summed E-state index contributed by atoms with van der Waals surface area (Å²) in [4.78, 5) is 13.8. The predicted octanol–water partition coefficient (Wildman–Crippen LogP) is 4.31. The van der Waals surface area contributed by atoms with E-state index in [0.29, 0.717) is 11.8 Å². The Kier molecular flexibility index (Phi) is 7.01. The summed E-state index contributed by atoms with van der Waals surface area (Å²) in [6, 6.07) is -0.179. The Morgan fingerprint density at radius 1 is 1.05 bits per heavy atom. The van der Waals surface area contributed by atoms with Crippen LogP contribution in [0.15, 0.2) is 0 Å². The van der Waals surface area contributed by atoms with E-state index in [4.69, 9.17) is 0 Å². The summed E-state index contributed by atoms with van der Waals surface area (Å²) in [6.07, 6.45) is 14.2. The highest BCUT2D eigenvalue weighted by Gasteiger charge is 2.47. The number of rotatable bonds is 10. The Hall–Kier alpha value is -0.570. The molecule has 1 aliphatic carbocycles. The van der Waals surface area contributed by atoms with Gasteiger partial charge in [-0.2, -0.15) is 0 Å². The van der Waals surface area contributed by atoms with Gasteiger partial charge in [-0.05, 0) is 37.6 Å². The zero-order chi connectivity index (χ0) is 15.1. The van der Waals surface area contributed by atoms with E-state index >= 15 is 0 Å². The van der Waals surface area contributed by atoms with Gasteiger partial charge in [-0.15, -0.1) is 0 Å². The van der Waals surface area contributed by atoms with Gasteiger partial charge >= 0.3 is 5.97 Å². The van der Waals surface area contributed by atoms with Crippen molar-refractivity contribution in [3.8, 4) is 0 Å². The lowest BCUT2D eigenvalue weighted by molar-refractivity contribution is -0.143. The second-order valence-corrected chi connectivity index (χ2v) is 7.11. The van der Waals surface area contributed by atoms with Crippen molar-refractivity contribution in [3.63, 3.8) is 0 Å². The predicted molar refractivity (Wildman–Crippen MR) is 86.4 cm³/mol. The standard InChI is InChI=1S/C18H33NO2/c1-2-3-4-5-6-7-8-9-13-19-14-15-11-10-12-16(15)17(19)18(20)21/h15-17H,2-14H2,1H3,(H,20,21). The van der Waals surface area contributed by atoms with Gasteiger partial charge in [0.25, 0.3) is 0 Å². The first kappa shape index (κ1) is 16.8. The van der Waals surface area contributed by atoms with Gasteiger partial charge < -0.3 is 5.11 Å². The molecule has 21 heavy (non-hydrogen) atoms. The van der Waals surface area contributed by atoms with Crippen molar-refractivity contribution in [2.24, 2.45) is 11.8 Å². The van der Waals surface area contributed by atoms with E-state index < -0.39 is 5.97 Å². The second kappa shape index (κ2) is 8.77. The number of carbonyl (C=O) groups is 1. The number of fused-ring (bicyclic) bond motifs is 1. The van der Waals surface area contributed by atoms with Crippen LogP contribution in [0.3, 0.4) is 0 Å². The summed E-state index contributed by atoms with van der Waals surface area (Å²) >= 11 is 0. The first-order valence-electron chi connectivity index (χ1n) is 9.21. The number of aliphatic carboxylic acids is 1. The minimum Gasteiger partial charge on any atom is -0.480 e. The number of carboxylic acids is 1. The molecular formula is C18H33NO2. The van der Waals surface area contributed by atoms with E-state index in [0.717, 1.165) is 19.5 Å². The van der Waals surface area contributed by atoms with Crippen LogP contribution in [-0.4, -0.2) is 35.1 Å². The van der Waals surface area contributed by atoms with Gasteiger partial charge in [0.15, 0.2) is 0 Å². The molecule has 0 aromatic rings. The number of unbranched alkanes of at least 4 members (excludes halogenated alkanes) is 7. The quantitative estimate of drug-likeness (QED) is 0.610. The molecule has 1 heterocycles. The van der Waals surface area contributed by atoms with Crippen molar-refractivity contribution >= 4 is 5.97 Å². The highest BCUT2D eigenvalue weighted by molar-refractivity contribution is 5.74. The molecule has 0 amide bonds. The van der Waals surface area contributed by atoms with Gasteiger partial charge in [-0.1, -0.05) is 58.3 Å². The zero-order valence-electron chi connectivity index (χ0n) is 13.7. The lowest BCUT2D eigenvalue weighted by Gasteiger charge is -2.24. The molecular weight excluding hydrogens is 262 g/mol. The van der Waals surface area contributed by atoms with E-state index in [1.165, 1.54) is 64.2 Å². The van der Waals surface area contributed by atoms with Crippen molar-refractivity contribution in [3.05, 3.63) is 0 Å². The monoisotopic (exact) mass is 295 g/mol. The topological polar surface area (TPSA) is 40.5 Å². The molecule has 0 radical (unpaired) electrons. The molecule has 2 fully saturated rings. The van der Waals surface area contributed by atoms with Gasteiger partial charge in [0.05, 0.1) is 0 Å². The summed E-state index contributed by atoms with van der Waals surface area (Å²) in [7, 11) is 0. The van der Waals surface area contributed by atoms with Crippen LogP contribution >= 0.6 is 0 Å². The molecule has 3 nitrogen and oxygen atoms in total. The SMILES string of the molecule is CCCCCCCCCCN1CC2CCCC2C1C(=O)O. The third-order valence-corrected chi connectivity index (χ3v) is 5.54. The molecule has 3 heteroatoms. The van der Waals surface area contributed by atoms with Crippen LogP contribution in [0.4, 0.5) is 0 Å². The summed E-state index contributed by atoms with van der Waals surface area (Å²) in [5.41, 5.74) is 0. The van der Waals surface area contributed by atoms with Gasteiger partial charge in [0.1, 0.15) is 6.04 Å². The van der Waals surface area contributed by atoms with Crippen LogP contribution in [-0.2, 0) is 4.79 Å². The fourth-order valence-electron chi connectivity index (χ4n) is 4.41. The van der Waals surface area contributed by atoms with Crippen LogP contribution < -0.4 is 0 Å². The van der Waals surface area contributed by atoms with E-state index in [1.807, 2.05) is 0 Å². The molecule has 3 atom stereocenters. The molecule has 122 valence electrons. The lowest BCUT2D eigenvalue weighted by Crippen LogP contribution is -2.40. The van der Waals surface area contributed by atoms with Gasteiger partial charge in [-0.25, -0.2) is 0 Å². The number of carboxylic acid groups (broad SMARTS) is 1. The maximum absolute atomic E-state index is 11.5. The zero-order valence-corrected chi connectivity index (χ0v) is 13.7. The molecule has 1 N–H and O–H groups in total. The molecule has 0 spiro atoms. The fourth-order valence-corrected chi connectivity index (χ4v) is 4.41. The fraction of sp³-hybridized carbons (Fsp3) is 0.944. The average Bonchev–Trinajstić information content (AvgIpc) is 3.01. The Morgan fingerprint density at radius 3 is 2.38 bits per heavy atom. The normalized spacial score (nSPS) is 28.9. The van der Waals surface area contributed by atoms with Crippen molar-refractivity contribution in [1.29, 1.82) is 0 Å². The van der Waals surface area contributed by atoms with E-state index in [2.05, 4.69) is 11.8 Å². The summed E-state index contributed by atoms with van der Waals surface area (Å²) in [6.45, 7) is 4.29. The van der Waals surface area contributed by atoms with Crippen LogP contribution in [0.2, 0.25) is 0 Å². The smallest absolute Gasteiger partial charge is 0.321 e. The molecule has 2 aliphatic rings. The van der Waals surface area contributed by atoms with Crippen molar-refractivity contribution in [2.75, 3.05) is 13.1 Å². The molecule has 1 aliphatic heterocycles. The first-order valence-corrected chi connectivity index (χ1v) is 9.21. The largest absolute Gasteiger partial charge is 0.480 e. The molecule has 1 saturated heterocycles. The molecule has 3 unspecified atom stereocenters. The lowest BCUT2D eigenvalue weighted by atomic mass is 9.94. The van der Waals surface area contributed by atoms with Crippen molar-refractivity contribution in [2.45, 2.75) is 83.6 Å². The van der Waals surface area contributed by atoms with Crippen molar-refractivity contribution in [1.82, 2.24) is 4.90 Å². The molecule has 2 rings (SSSR count).